The highest BCUT2D eigenvalue weighted by Gasteiger charge is 2.18. The van der Waals surface area contributed by atoms with Crippen LogP contribution in [-0.4, -0.2) is 33.2 Å². The molecule has 0 spiro atoms. The minimum absolute atomic E-state index is 0.209. The van der Waals surface area contributed by atoms with Crippen LogP contribution in [0, 0.1) is 0 Å². The standard InChI is InChI=1S/C17H16BrN5O2/c1-11(19-17(24)12-6-8-15(25-2)9-7-12)16-20-21-22-23(16)14-5-3-4-13(18)10-14/h3-11H,1-2H3,(H,19,24). The van der Waals surface area contributed by atoms with Gasteiger partial charge in [-0.2, -0.15) is 4.68 Å². The van der Waals surface area contributed by atoms with Crippen molar-refractivity contribution in [2.75, 3.05) is 7.11 Å². The Morgan fingerprint density at radius 3 is 2.68 bits per heavy atom. The fraction of sp³-hybridized carbons (Fsp3) is 0.176. The minimum Gasteiger partial charge on any atom is -0.497 e. The fourth-order valence-corrected chi connectivity index (χ4v) is 2.73. The van der Waals surface area contributed by atoms with Crippen LogP contribution < -0.4 is 10.1 Å². The Labute approximate surface area is 153 Å². The fourth-order valence-electron chi connectivity index (χ4n) is 2.34. The molecule has 1 heterocycles. The summed E-state index contributed by atoms with van der Waals surface area (Å²) >= 11 is 3.43. The number of benzene rings is 2. The molecule has 1 aromatic heterocycles. The Morgan fingerprint density at radius 2 is 2.00 bits per heavy atom. The van der Waals surface area contributed by atoms with Crippen LogP contribution in [0.3, 0.4) is 0 Å². The summed E-state index contributed by atoms with van der Waals surface area (Å²) in [5.41, 5.74) is 1.34. The summed E-state index contributed by atoms with van der Waals surface area (Å²) in [6.45, 7) is 1.83. The molecule has 7 nitrogen and oxygen atoms in total. The molecule has 0 fully saturated rings. The number of hydrogen-bond donors (Lipinski definition) is 1. The molecule has 8 heteroatoms. The van der Waals surface area contributed by atoms with E-state index in [1.807, 2.05) is 31.2 Å². The predicted molar refractivity (Wildman–Crippen MR) is 95.7 cm³/mol. The molecule has 128 valence electrons. The molecule has 1 amide bonds. The van der Waals surface area contributed by atoms with Gasteiger partial charge in [0.2, 0.25) is 0 Å². The van der Waals surface area contributed by atoms with Gasteiger partial charge in [0.15, 0.2) is 5.82 Å². The van der Waals surface area contributed by atoms with Gasteiger partial charge in [0, 0.05) is 10.0 Å². The van der Waals surface area contributed by atoms with Crippen molar-refractivity contribution in [3.05, 3.63) is 64.4 Å². The lowest BCUT2D eigenvalue weighted by Crippen LogP contribution is -2.28. The Morgan fingerprint density at radius 1 is 1.24 bits per heavy atom. The van der Waals surface area contributed by atoms with E-state index in [0.717, 1.165) is 10.2 Å². The molecule has 2 aromatic carbocycles. The highest BCUT2D eigenvalue weighted by Crippen LogP contribution is 2.19. The maximum Gasteiger partial charge on any atom is 0.251 e. The number of carbonyl (C=O) groups excluding carboxylic acids is 1. The summed E-state index contributed by atoms with van der Waals surface area (Å²) in [5, 5.41) is 14.7. The van der Waals surface area contributed by atoms with Crippen LogP contribution in [0.1, 0.15) is 29.1 Å². The highest BCUT2D eigenvalue weighted by molar-refractivity contribution is 9.10. The van der Waals surface area contributed by atoms with Crippen molar-refractivity contribution in [1.82, 2.24) is 25.5 Å². The summed E-state index contributed by atoms with van der Waals surface area (Å²) in [5.74, 6) is 1.03. The van der Waals surface area contributed by atoms with Gasteiger partial charge in [-0.1, -0.05) is 22.0 Å². The van der Waals surface area contributed by atoms with Gasteiger partial charge in [-0.3, -0.25) is 4.79 Å². The molecule has 3 rings (SSSR count). The maximum atomic E-state index is 12.4. The van der Waals surface area contributed by atoms with Crippen LogP contribution >= 0.6 is 15.9 Å². The van der Waals surface area contributed by atoms with E-state index in [9.17, 15) is 4.79 Å². The van der Waals surface area contributed by atoms with Crippen LogP contribution in [0.15, 0.2) is 53.0 Å². The Hall–Kier alpha value is -2.74. The molecule has 0 radical (unpaired) electrons. The Balaban J connectivity index is 1.78. The zero-order chi connectivity index (χ0) is 17.8. The summed E-state index contributed by atoms with van der Waals surface area (Å²) in [4.78, 5) is 12.4. The van der Waals surface area contributed by atoms with Gasteiger partial charge in [-0.15, -0.1) is 5.10 Å². The van der Waals surface area contributed by atoms with Gasteiger partial charge < -0.3 is 10.1 Å². The molecule has 0 aliphatic rings. The third-order valence-electron chi connectivity index (χ3n) is 3.63. The van der Waals surface area contributed by atoms with Crippen LogP contribution in [0.5, 0.6) is 5.75 Å². The average molecular weight is 402 g/mol. The molecular formula is C17H16BrN5O2. The number of tetrazole rings is 1. The molecule has 3 aromatic rings. The van der Waals surface area contributed by atoms with Crippen LogP contribution in [0.4, 0.5) is 0 Å². The second kappa shape index (κ2) is 7.43. The molecule has 25 heavy (non-hydrogen) atoms. The topological polar surface area (TPSA) is 81.9 Å². The Kier molecular flexibility index (Phi) is 5.08. The zero-order valence-corrected chi connectivity index (χ0v) is 15.3. The van der Waals surface area contributed by atoms with E-state index in [-0.39, 0.29) is 11.9 Å². The number of methoxy groups -OCH3 is 1. The van der Waals surface area contributed by atoms with Crippen molar-refractivity contribution >= 4 is 21.8 Å². The molecule has 0 saturated carbocycles. The van der Waals surface area contributed by atoms with E-state index in [1.54, 1.807) is 36.1 Å². The average Bonchev–Trinajstić information content (AvgIpc) is 3.11. The summed E-state index contributed by atoms with van der Waals surface area (Å²) in [6.07, 6.45) is 0. The second-order valence-corrected chi connectivity index (χ2v) is 6.27. The summed E-state index contributed by atoms with van der Waals surface area (Å²) in [7, 11) is 1.58. The van der Waals surface area contributed by atoms with Gasteiger partial charge in [0.1, 0.15) is 5.75 Å². The van der Waals surface area contributed by atoms with Crippen molar-refractivity contribution < 1.29 is 9.53 Å². The number of amides is 1. The lowest BCUT2D eigenvalue weighted by atomic mass is 10.2. The third kappa shape index (κ3) is 3.85. The van der Waals surface area contributed by atoms with Crippen molar-refractivity contribution in [2.24, 2.45) is 0 Å². The number of ether oxygens (including phenoxy) is 1. The number of hydrogen-bond acceptors (Lipinski definition) is 5. The van der Waals surface area contributed by atoms with Crippen molar-refractivity contribution in [3.8, 4) is 11.4 Å². The predicted octanol–water partition coefficient (Wildman–Crippen LogP) is 2.92. The SMILES string of the molecule is COc1ccc(C(=O)NC(C)c2nnnn2-c2cccc(Br)c2)cc1. The first-order valence-corrected chi connectivity index (χ1v) is 8.37. The number of aromatic nitrogens is 4. The monoisotopic (exact) mass is 401 g/mol. The molecule has 0 saturated heterocycles. The molecule has 1 atom stereocenters. The number of carbonyl (C=O) groups is 1. The highest BCUT2D eigenvalue weighted by atomic mass is 79.9. The van der Waals surface area contributed by atoms with Crippen LogP contribution in [0.2, 0.25) is 0 Å². The van der Waals surface area contributed by atoms with Crippen molar-refractivity contribution in [1.29, 1.82) is 0 Å². The first-order valence-electron chi connectivity index (χ1n) is 7.57. The van der Waals surface area contributed by atoms with Crippen molar-refractivity contribution in [2.45, 2.75) is 13.0 Å². The zero-order valence-electron chi connectivity index (χ0n) is 13.7. The van der Waals surface area contributed by atoms with E-state index in [2.05, 4.69) is 36.8 Å². The normalized spacial score (nSPS) is 11.8. The van der Waals surface area contributed by atoms with Gasteiger partial charge in [0.25, 0.3) is 5.91 Å². The third-order valence-corrected chi connectivity index (χ3v) is 4.13. The molecule has 1 unspecified atom stereocenters. The first kappa shape index (κ1) is 17.1. The van der Waals surface area contributed by atoms with E-state index >= 15 is 0 Å². The molecule has 0 bridgehead atoms. The quantitative estimate of drug-likeness (QED) is 0.710. The minimum atomic E-state index is -0.372. The number of halogens is 1. The second-order valence-electron chi connectivity index (χ2n) is 5.35. The molecule has 0 aliphatic heterocycles. The number of rotatable bonds is 5. The van der Waals surface area contributed by atoms with E-state index in [4.69, 9.17) is 4.74 Å². The van der Waals surface area contributed by atoms with Gasteiger partial charge >= 0.3 is 0 Å². The molecule has 0 aliphatic carbocycles. The van der Waals surface area contributed by atoms with E-state index in [0.29, 0.717) is 17.1 Å². The van der Waals surface area contributed by atoms with Crippen molar-refractivity contribution in [3.63, 3.8) is 0 Å². The molecule has 1 N–H and O–H groups in total. The number of nitrogens with one attached hydrogen (secondary N) is 1. The molecular weight excluding hydrogens is 386 g/mol. The smallest absolute Gasteiger partial charge is 0.251 e. The summed E-state index contributed by atoms with van der Waals surface area (Å²) < 4.78 is 7.62. The van der Waals surface area contributed by atoms with Crippen LogP contribution in [-0.2, 0) is 0 Å². The van der Waals surface area contributed by atoms with E-state index < -0.39 is 0 Å². The van der Waals surface area contributed by atoms with Gasteiger partial charge in [0.05, 0.1) is 18.8 Å². The van der Waals surface area contributed by atoms with Crippen LogP contribution in [0.25, 0.3) is 5.69 Å². The first-order chi connectivity index (χ1) is 12.1. The maximum absolute atomic E-state index is 12.4. The van der Waals surface area contributed by atoms with E-state index in [1.165, 1.54) is 0 Å². The largest absolute Gasteiger partial charge is 0.497 e. The lowest BCUT2D eigenvalue weighted by Gasteiger charge is -2.14. The Bertz CT molecular complexity index is 879. The van der Waals surface area contributed by atoms with Gasteiger partial charge in [-0.05, 0) is 59.8 Å². The van der Waals surface area contributed by atoms with Gasteiger partial charge in [-0.25, -0.2) is 0 Å². The summed E-state index contributed by atoms with van der Waals surface area (Å²) in [6, 6.07) is 14.1. The number of nitrogens with zero attached hydrogens (tertiary/aromatic N) is 4. The lowest BCUT2D eigenvalue weighted by molar-refractivity contribution is 0.0938.